The van der Waals surface area contributed by atoms with E-state index < -0.39 is 0 Å². The molecule has 0 radical (unpaired) electrons. The van der Waals surface area contributed by atoms with E-state index in [1.165, 1.54) is 50.4 Å². The Morgan fingerprint density at radius 3 is 2.71 bits per heavy atom. The normalized spacial score (nSPS) is 40.1. The first-order chi connectivity index (χ1) is 8.25. The van der Waals surface area contributed by atoms with E-state index in [0.717, 1.165) is 24.0 Å². The van der Waals surface area contributed by atoms with Crippen LogP contribution in [0.25, 0.3) is 0 Å². The SMILES string of the molecule is CC(C)C1CN2CCCC2CN1C1CCSC1. The van der Waals surface area contributed by atoms with Crippen molar-refractivity contribution in [2.24, 2.45) is 5.92 Å². The van der Waals surface area contributed by atoms with E-state index in [2.05, 4.69) is 35.4 Å². The minimum Gasteiger partial charge on any atom is -0.298 e. The molecule has 3 rings (SSSR count). The van der Waals surface area contributed by atoms with Gasteiger partial charge in [0.25, 0.3) is 0 Å². The second-order valence-corrected chi connectivity index (χ2v) is 7.47. The van der Waals surface area contributed by atoms with Crippen molar-refractivity contribution in [3.05, 3.63) is 0 Å². The molecule has 0 saturated carbocycles. The molecule has 3 unspecified atom stereocenters. The summed E-state index contributed by atoms with van der Waals surface area (Å²) in [6, 6.07) is 2.58. The monoisotopic (exact) mass is 254 g/mol. The zero-order valence-corrected chi connectivity index (χ0v) is 12.1. The van der Waals surface area contributed by atoms with Crippen LogP contribution in [0.3, 0.4) is 0 Å². The number of hydrogen-bond donors (Lipinski definition) is 0. The van der Waals surface area contributed by atoms with E-state index in [9.17, 15) is 0 Å². The number of hydrogen-bond acceptors (Lipinski definition) is 3. The van der Waals surface area contributed by atoms with E-state index in [1.54, 1.807) is 0 Å². The highest BCUT2D eigenvalue weighted by atomic mass is 32.2. The van der Waals surface area contributed by atoms with Gasteiger partial charge in [-0.05, 0) is 37.5 Å². The van der Waals surface area contributed by atoms with Crippen molar-refractivity contribution in [3.8, 4) is 0 Å². The van der Waals surface area contributed by atoms with Gasteiger partial charge in [-0.25, -0.2) is 0 Å². The molecule has 0 bridgehead atoms. The molecule has 3 aliphatic heterocycles. The summed E-state index contributed by atoms with van der Waals surface area (Å²) in [4.78, 5) is 5.65. The van der Waals surface area contributed by atoms with Crippen LogP contribution in [0.1, 0.15) is 33.1 Å². The van der Waals surface area contributed by atoms with Gasteiger partial charge in [-0.2, -0.15) is 11.8 Å². The zero-order chi connectivity index (χ0) is 11.8. The van der Waals surface area contributed by atoms with E-state index in [-0.39, 0.29) is 0 Å². The Labute approximate surface area is 110 Å². The quantitative estimate of drug-likeness (QED) is 0.746. The Morgan fingerprint density at radius 2 is 2.00 bits per heavy atom. The average molecular weight is 254 g/mol. The molecule has 0 N–H and O–H groups in total. The summed E-state index contributed by atoms with van der Waals surface area (Å²) in [5.74, 6) is 3.58. The Bertz CT molecular complexity index is 263. The lowest BCUT2D eigenvalue weighted by atomic mass is 9.95. The molecular weight excluding hydrogens is 228 g/mol. The van der Waals surface area contributed by atoms with E-state index in [0.29, 0.717) is 0 Å². The van der Waals surface area contributed by atoms with Gasteiger partial charge < -0.3 is 0 Å². The van der Waals surface area contributed by atoms with Gasteiger partial charge in [0.1, 0.15) is 0 Å². The smallest absolute Gasteiger partial charge is 0.0250 e. The summed E-state index contributed by atoms with van der Waals surface area (Å²) < 4.78 is 0. The lowest BCUT2D eigenvalue weighted by Crippen LogP contribution is -2.60. The molecule has 0 aromatic heterocycles. The minimum absolute atomic E-state index is 0.808. The summed E-state index contributed by atoms with van der Waals surface area (Å²) in [6.45, 7) is 8.88. The van der Waals surface area contributed by atoms with Crippen LogP contribution in [0.2, 0.25) is 0 Å². The Hall–Kier alpha value is 0.270. The van der Waals surface area contributed by atoms with Gasteiger partial charge in [-0.3, -0.25) is 9.80 Å². The second kappa shape index (κ2) is 5.10. The molecule has 0 aliphatic carbocycles. The predicted octanol–water partition coefficient (Wildman–Crippen LogP) is 2.30. The van der Waals surface area contributed by atoms with Gasteiger partial charge in [0.05, 0.1) is 0 Å². The third-order valence-electron chi connectivity index (χ3n) is 4.91. The fourth-order valence-corrected chi connectivity index (χ4v) is 5.10. The standard InChI is InChI=1S/C14H26N2S/c1-11(2)14-9-15-6-3-4-12(15)8-16(14)13-5-7-17-10-13/h11-14H,3-10H2,1-2H3. The van der Waals surface area contributed by atoms with Crippen molar-refractivity contribution in [1.29, 1.82) is 0 Å². The number of thioether (sulfide) groups is 1. The van der Waals surface area contributed by atoms with Gasteiger partial charge in [-0.1, -0.05) is 13.8 Å². The van der Waals surface area contributed by atoms with Crippen LogP contribution in [0, 0.1) is 5.92 Å². The van der Waals surface area contributed by atoms with Crippen LogP contribution in [0.15, 0.2) is 0 Å². The number of piperazine rings is 1. The first kappa shape index (κ1) is 12.3. The van der Waals surface area contributed by atoms with Crippen LogP contribution in [-0.4, -0.2) is 59.1 Å². The fourth-order valence-electron chi connectivity index (χ4n) is 3.86. The Balaban J connectivity index is 1.73. The molecule has 2 nitrogen and oxygen atoms in total. The third kappa shape index (κ3) is 2.39. The largest absolute Gasteiger partial charge is 0.298 e. The molecule has 3 aliphatic rings. The Morgan fingerprint density at radius 1 is 1.12 bits per heavy atom. The Kier molecular flexibility index (Phi) is 3.69. The first-order valence-corrected chi connectivity index (χ1v) is 8.48. The van der Waals surface area contributed by atoms with Gasteiger partial charge in [0.15, 0.2) is 0 Å². The molecule has 0 aromatic rings. The molecule has 3 heteroatoms. The van der Waals surface area contributed by atoms with Crippen molar-refractivity contribution in [2.45, 2.75) is 51.2 Å². The van der Waals surface area contributed by atoms with Crippen LogP contribution in [0.4, 0.5) is 0 Å². The number of fused-ring (bicyclic) bond motifs is 1. The van der Waals surface area contributed by atoms with Crippen LogP contribution in [-0.2, 0) is 0 Å². The average Bonchev–Trinajstić information content (AvgIpc) is 2.98. The topological polar surface area (TPSA) is 6.48 Å². The molecule has 17 heavy (non-hydrogen) atoms. The van der Waals surface area contributed by atoms with Gasteiger partial charge >= 0.3 is 0 Å². The summed E-state index contributed by atoms with van der Waals surface area (Å²) >= 11 is 2.16. The van der Waals surface area contributed by atoms with Crippen molar-refractivity contribution in [1.82, 2.24) is 9.80 Å². The fraction of sp³-hybridized carbons (Fsp3) is 1.00. The van der Waals surface area contributed by atoms with E-state index in [1.807, 2.05) is 0 Å². The van der Waals surface area contributed by atoms with Gasteiger partial charge in [-0.15, -0.1) is 0 Å². The second-order valence-electron chi connectivity index (χ2n) is 6.32. The van der Waals surface area contributed by atoms with Crippen LogP contribution < -0.4 is 0 Å². The van der Waals surface area contributed by atoms with Crippen molar-refractivity contribution in [2.75, 3.05) is 31.1 Å². The van der Waals surface area contributed by atoms with E-state index >= 15 is 0 Å². The minimum atomic E-state index is 0.808. The van der Waals surface area contributed by atoms with Gasteiger partial charge in [0, 0.05) is 37.0 Å². The molecule has 0 aromatic carbocycles. The molecule has 98 valence electrons. The summed E-state index contributed by atoms with van der Waals surface area (Å²) in [5.41, 5.74) is 0. The molecule has 0 spiro atoms. The highest BCUT2D eigenvalue weighted by molar-refractivity contribution is 7.99. The van der Waals surface area contributed by atoms with Crippen molar-refractivity contribution in [3.63, 3.8) is 0 Å². The van der Waals surface area contributed by atoms with Gasteiger partial charge in [0.2, 0.25) is 0 Å². The molecule has 0 amide bonds. The summed E-state index contributed by atoms with van der Waals surface area (Å²) in [5, 5.41) is 0. The highest BCUT2D eigenvalue weighted by Crippen LogP contribution is 2.32. The molecule has 3 heterocycles. The van der Waals surface area contributed by atoms with Crippen molar-refractivity contribution < 1.29 is 0 Å². The maximum absolute atomic E-state index is 2.89. The summed E-state index contributed by atoms with van der Waals surface area (Å²) in [7, 11) is 0. The van der Waals surface area contributed by atoms with Crippen LogP contribution >= 0.6 is 11.8 Å². The lowest BCUT2D eigenvalue weighted by molar-refractivity contribution is 0.00677. The third-order valence-corrected chi connectivity index (χ3v) is 6.06. The molecule has 3 saturated heterocycles. The van der Waals surface area contributed by atoms with Crippen molar-refractivity contribution >= 4 is 11.8 Å². The zero-order valence-electron chi connectivity index (χ0n) is 11.3. The first-order valence-electron chi connectivity index (χ1n) is 7.33. The molecule has 3 fully saturated rings. The molecular formula is C14H26N2S. The molecule has 3 atom stereocenters. The van der Waals surface area contributed by atoms with Crippen LogP contribution in [0.5, 0.6) is 0 Å². The van der Waals surface area contributed by atoms with E-state index in [4.69, 9.17) is 0 Å². The summed E-state index contributed by atoms with van der Waals surface area (Å²) in [6.07, 6.45) is 4.31. The maximum atomic E-state index is 2.89. The lowest BCUT2D eigenvalue weighted by Gasteiger charge is -2.48. The highest BCUT2D eigenvalue weighted by Gasteiger charge is 2.40. The maximum Gasteiger partial charge on any atom is 0.0250 e. The predicted molar refractivity (Wildman–Crippen MR) is 75.7 cm³/mol. The number of rotatable bonds is 2. The number of nitrogens with zero attached hydrogens (tertiary/aromatic N) is 2.